The number of hydrogen-bond donors (Lipinski definition) is 0. The van der Waals surface area contributed by atoms with Crippen molar-refractivity contribution >= 4 is 9.84 Å². The van der Waals surface area contributed by atoms with Gasteiger partial charge in [0.1, 0.15) is 9.84 Å². The topological polar surface area (TPSA) is 82.2 Å². The summed E-state index contributed by atoms with van der Waals surface area (Å²) in [6.07, 6.45) is 1.13. The maximum Gasteiger partial charge on any atom is 0.441 e. The summed E-state index contributed by atoms with van der Waals surface area (Å²) in [5.41, 5.74) is -0.357. The molecule has 0 aromatic carbocycles. The highest BCUT2D eigenvalue weighted by atomic mass is 32.2. The molecular formula is C9H16N2O4S. The lowest BCUT2D eigenvalue weighted by Crippen LogP contribution is -2.27. The Morgan fingerprint density at radius 2 is 1.94 bits per heavy atom. The average Bonchev–Trinajstić information content (AvgIpc) is 2.41. The Labute approximate surface area is 94.2 Å². The van der Waals surface area contributed by atoms with Gasteiger partial charge in [0.2, 0.25) is 0 Å². The highest BCUT2D eigenvalue weighted by Gasteiger charge is 2.24. The molecule has 0 unspecified atom stereocenters. The minimum atomic E-state index is -3.11. The standard InChI is InChI=1S/C9H16N2O4S/c1-9(2,3)7-10-15-8(12)11(7)5-6-16(4,13)14/h5-6H2,1-4H3. The second-order valence-corrected chi connectivity index (χ2v) is 7.06. The van der Waals surface area contributed by atoms with Crippen molar-refractivity contribution in [3.05, 3.63) is 16.4 Å². The zero-order valence-electron chi connectivity index (χ0n) is 9.85. The van der Waals surface area contributed by atoms with E-state index in [0.29, 0.717) is 5.82 Å². The van der Waals surface area contributed by atoms with Crippen LogP contribution in [0.2, 0.25) is 0 Å². The molecule has 1 rings (SSSR count). The number of nitrogens with zero attached hydrogens (tertiary/aromatic N) is 2. The number of sulfone groups is 1. The fourth-order valence-electron chi connectivity index (χ4n) is 1.26. The summed E-state index contributed by atoms with van der Waals surface area (Å²) in [6, 6.07) is 0. The molecule has 0 N–H and O–H groups in total. The molecule has 0 spiro atoms. The monoisotopic (exact) mass is 248 g/mol. The number of hydrogen-bond acceptors (Lipinski definition) is 5. The molecule has 0 atom stereocenters. The minimum absolute atomic E-state index is 0.0772. The van der Waals surface area contributed by atoms with Crippen LogP contribution >= 0.6 is 0 Å². The van der Waals surface area contributed by atoms with E-state index >= 15 is 0 Å². The van der Waals surface area contributed by atoms with Crippen LogP contribution in [0.5, 0.6) is 0 Å². The fraction of sp³-hybridized carbons (Fsp3) is 0.778. The third-order valence-corrected chi connectivity index (χ3v) is 2.97. The third kappa shape index (κ3) is 3.19. The van der Waals surface area contributed by atoms with Crippen molar-refractivity contribution in [2.45, 2.75) is 32.7 Å². The van der Waals surface area contributed by atoms with Crippen molar-refractivity contribution < 1.29 is 12.9 Å². The first-order valence-electron chi connectivity index (χ1n) is 4.86. The average molecular weight is 248 g/mol. The van der Waals surface area contributed by atoms with Crippen LogP contribution in [0, 0.1) is 0 Å². The fourth-order valence-corrected chi connectivity index (χ4v) is 1.78. The van der Waals surface area contributed by atoms with E-state index in [1.165, 1.54) is 4.57 Å². The Balaban J connectivity index is 3.05. The van der Waals surface area contributed by atoms with Gasteiger partial charge in [-0.25, -0.2) is 13.2 Å². The molecule has 16 heavy (non-hydrogen) atoms. The van der Waals surface area contributed by atoms with Gasteiger partial charge in [0.15, 0.2) is 5.82 Å². The second kappa shape index (κ2) is 4.04. The number of rotatable bonds is 3. The van der Waals surface area contributed by atoms with Crippen molar-refractivity contribution in [3.63, 3.8) is 0 Å². The van der Waals surface area contributed by atoms with Gasteiger partial charge in [0.05, 0.1) is 5.75 Å². The van der Waals surface area contributed by atoms with Gasteiger partial charge in [-0.2, -0.15) is 0 Å². The maximum atomic E-state index is 11.3. The zero-order chi connectivity index (χ0) is 12.6. The molecule has 0 aliphatic carbocycles. The third-order valence-electron chi connectivity index (χ3n) is 2.04. The molecule has 0 saturated heterocycles. The van der Waals surface area contributed by atoms with Crippen LogP contribution in [-0.4, -0.2) is 30.2 Å². The van der Waals surface area contributed by atoms with Crippen LogP contribution in [0.25, 0.3) is 0 Å². The van der Waals surface area contributed by atoms with Gasteiger partial charge in [0.25, 0.3) is 0 Å². The van der Waals surface area contributed by atoms with Crippen LogP contribution in [0.4, 0.5) is 0 Å². The van der Waals surface area contributed by atoms with Gasteiger partial charge in [-0.1, -0.05) is 25.9 Å². The van der Waals surface area contributed by atoms with Gasteiger partial charge in [-0.3, -0.25) is 9.09 Å². The van der Waals surface area contributed by atoms with Crippen LogP contribution in [0.3, 0.4) is 0 Å². The SMILES string of the molecule is CC(C)(C)c1noc(=O)n1CCS(C)(=O)=O. The summed E-state index contributed by atoms with van der Waals surface area (Å²) in [6.45, 7) is 5.71. The van der Waals surface area contributed by atoms with E-state index < -0.39 is 15.6 Å². The summed E-state index contributed by atoms with van der Waals surface area (Å²) in [7, 11) is -3.11. The van der Waals surface area contributed by atoms with Crippen molar-refractivity contribution in [2.75, 3.05) is 12.0 Å². The zero-order valence-corrected chi connectivity index (χ0v) is 10.7. The Morgan fingerprint density at radius 1 is 1.38 bits per heavy atom. The van der Waals surface area contributed by atoms with Crippen molar-refractivity contribution in [1.29, 1.82) is 0 Å². The Kier molecular flexibility index (Phi) is 3.27. The maximum absolute atomic E-state index is 11.3. The van der Waals surface area contributed by atoms with Crippen molar-refractivity contribution in [2.24, 2.45) is 0 Å². The van der Waals surface area contributed by atoms with Crippen LogP contribution in [0.1, 0.15) is 26.6 Å². The van der Waals surface area contributed by atoms with E-state index in [1.807, 2.05) is 20.8 Å². The lowest BCUT2D eigenvalue weighted by Gasteiger charge is -2.16. The van der Waals surface area contributed by atoms with E-state index in [4.69, 9.17) is 0 Å². The molecule has 0 radical (unpaired) electrons. The molecule has 0 bridgehead atoms. The highest BCUT2D eigenvalue weighted by molar-refractivity contribution is 7.90. The molecule has 1 heterocycles. The highest BCUT2D eigenvalue weighted by Crippen LogP contribution is 2.18. The molecule has 7 heteroatoms. The van der Waals surface area contributed by atoms with Gasteiger partial charge >= 0.3 is 5.76 Å². The molecule has 0 saturated carbocycles. The van der Waals surface area contributed by atoms with Gasteiger partial charge in [-0.05, 0) is 0 Å². The van der Waals surface area contributed by atoms with E-state index in [-0.39, 0.29) is 17.7 Å². The van der Waals surface area contributed by atoms with Crippen LogP contribution in [-0.2, 0) is 21.8 Å². The molecule has 0 aliphatic rings. The van der Waals surface area contributed by atoms with E-state index in [9.17, 15) is 13.2 Å². The molecule has 0 aliphatic heterocycles. The first-order valence-corrected chi connectivity index (χ1v) is 6.92. The Hall–Kier alpha value is -1.11. The first-order chi connectivity index (χ1) is 7.11. The summed E-state index contributed by atoms with van der Waals surface area (Å²) in [5.74, 6) is -0.258. The first kappa shape index (κ1) is 13.0. The Bertz CT molecular complexity index is 518. The summed E-state index contributed by atoms with van der Waals surface area (Å²) < 4.78 is 27.9. The lowest BCUT2D eigenvalue weighted by atomic mass is 9.96. The largest absolute Gasteiger partial charge is 0.441 e. The quantitative estimate of drug-likeness (QED) is 0.762. The predicted molar refractivity (Wildman–Crippen MR) is 59.2 cm³/mol. The van der Waals surface area contributed by atoms with Crippen LogP contribution in [0.15, 0.2) is 9.32 Å². The Morgan fingerprint density at radius 3 is 2.38 bits per heavy atom. The molecule has 6 nitrogen and oxygen atoms in total. The smallest absolute Gasteiger partial charge is 0.296 e. The van der Waals surface area contributed by atoms with Gasteiger partial charge < -0.3 is 0 Å². The molecule has 92 valence electrons. The minimum Gasteiger partial charge on any atom is -0.296 e. The van der Waals surface area contributed by atoms with Crippen LogP contribution < -0.4 is 5.76 Å². The summed E-state index contributed by atoms with van der Waals surface area (Å²) >= 11 is 0. The van der Waals surface area contributed by atoms with Gasteiger partial charge in [-0.15, -0.1) is 0 Å². The lowest BCUT2D eigenvalue weighted by molar-refractivity contribution is 0.367. The van der Waals surface area contributed by atoms with E-state index in [2.05, 4.69) is 9.68 Å². The normalized spacial score (nSPS) is 13.0. The molecule has 1 aromatic rings. The van der Waals surface area contributed by atoms with E-state index in [1.54, 1.807) is 0 Å². The predicted octanol–water partition coefficient (Wildman–Crippen LogP) is 0.178. The molecular weight excluding hydrogens is 232 g/mol. The summed E-state index contributed by atoms with van der Waals surface area (Å²) in [4.78, 5) is 11.3. The van der Waals surface area contributed by atoms with Crippen molar-refractivity contribution in [1.82, 2.24) is 9.72 Å². The molecule has 1 aromatic heterocycles. The van der Waals surface area contributed by atoms with Crippen molar-refractivity contribution in [3.8, 4) is 0 Å². The summed E-state index contributed by atoms with van der Waals surface area (Å²) in [5, 5.41) is 3.67. The molecule has 0 fully saturated rings. The number of aromatic nitrogens is 2. The van der Waals surface area contributed by atoms with E-state index in [0.717, 1.165) is 6.26 Å². The second-order valence-electron chi connectivity index (χ2n) is 4.80. The molecule has 0 amide bonds. The van der Waals surface area contributed by atoms with Gasteiger partial charge in [0, 0.05) is 18.2 Å².